The van der Waals surface area contributed by atoms with Gasteiger partial charge >= 0.3 is 10.1 Å². The minimum absolute atomic E-state index is 0.0764. The van der Waals surface area contributed by atoms with Crippen LogP contribution in [0.4, 0.5) is 0 Å². The molecule has 1 rings (SSSR count). The first kappa shape index (κ1) is 19.2. The normalized spacial score (nSPS) is 13.1. The summed E-state index contributed by atoms with van der Waals surface area (Å²) < 4.78 is 29.9. The van der Waals surface area contributed by atoms with Crippen molar-refractivity contribution in [3.05, 3.63) is 29.8 Å². The molecule has 0 aliphatic rings. The van der Waals surface area contributed by atoms with Gasteiger partial charge in [0.05, 0.1) is 10.6 Å². The van der Waals surface area contributed by atoms with E-state index in [-0.39, 0.29) is 16.4 Å². The van der Waals surface area contributed by atoms with Crippen LogP contribution in [-0.4, -0.2) is 32.5 Å². The molecule has 0 saturated heterocycles. The van der Waals surface area contributed by atoms with Gasteiger partial charge in [0.25, 0.3) is 0 Å². The molecular weight excluding hydrogens is 320 g/mol. The smallest absolute Gasteiger partial charge is 0.299 e. The molecule has 0 atom stereocenters. The molecule has 1 aromatic carbocycles. The van der Waals surface area contributed by atoms with Crippen molar-refractivity contribution in [3.8, 4) is 0 Å². The average Bonchev–Trinajstić information content (AvgIpc) is 2.37. The van der Waals surface area contributed by atoms with E-state index in [0.29, 0.717) is 6.42 Å². The van der Waals surface area contributed by atoms with Crippen LogP contribution in [0.2, 0.25) is 0 Å². The molecule has 0 amide bonds. The second-order valence-electron chi connectivity index (χ2n) is 5.91. The van der Waals surface area contributed by atoms with Crippen molar-refractivity contribution in [2.24, 2.45) is 0 Å². The Morgan fingerprint density at radius 3 is 2.23 bits per heavy atom. The number of carbonyl (C=O) groups is 1. The van der Waals surface area contributed by atoms with Gasteiger partial charge in [-0.3, -0.25) is 4.79 Å². The Bertz CT molecular complexity index is 589. The van der Waals surface area contributed by atoms with Crippen LogP contribution in [0.3, 0.4) is 0 Å². The second-order valence-corrected chi connectivity index (χ2v) is 11.0. The summed E-state index contributed by atoms with van der Waals surface area (Å²) in [5.41, 5.74) is 0.983. The van der Waals surface area contributed by atoms with E-state index in [1.807, 2.05) is 6.92 Å². The van der Waals surface area contributed by atoms with E-state index in [1.165, 1.54) is 12.1 Å². The molecular formula is C16H26O4S2. The maximum atomic E-state index is 12.3. The number of benzene rings is 1. The highest BCUT2D eigenvalue weighted by Crippen LogP contribution is 2.44. The lowest BCUT2D eigenvalue weighted by Crippen LogP contribution is -2.18. The van der Waals surface area contributed by atoms with Gasteiger partial charge in [-0.25, -0.2) is 3.63 Å². The molecule has 0 heterocycles. The predicted molar refractivity (Wildman–Crippen MR) is 92.9 cm³/mol. The topological polar surface area (TPSA) is 60.4 Å². The average molecular weight is 347 g/mol. The lowest BCUT2D eigenvalue weighted by molar-refractivity contribution is -0.116. The fourth-order valence-corrected chi connectivity index (χ4v) is 5.88. The summed E-state index contributed by atoms with van der Waals surface area (Å²) in [4.78, 5) is 12.1. The van der Waals surface area contributed by atoms with E-state index >= 15 is 0 Å². The number of ketones is 1. The zero-order valence-electron chi connectivity index (χ0n) is 13.8. The van der Waals surface area contributed by atoms with Gasteiger partial charge in [-0.2, -0.15) is 8.42 Å². The Kier molecular flexibility index (Phi) is 7.09. The summed E-state index contributed by atoms with van der Waals surface area (Å²) in [5.74, 6) is 0.259. The van der Waals surface area contributed by atoms with E-state index in [4.69, 9.17) is 3.63 Å². The van der Waals surface area contributed by atoms with Crippen molar-refractivity contribution < 1.29 is 16.8 Å². The van der Waals surface area contributed by atoms with Crippen molar-refractivity contribution in [1.29, 1.82) is 0 Å². The molecule has 6 heteroatoms. The maximum absolute atomic E-state index is 12.3. The van der Waals surface area contributed by atoms with Gasteiger partial charge in [-0.1, -0.05) is 37.5 Å². The number of unbranched alkanes of at least 4 members (excludes halogenated alkanes) is 2. The molecule has 0 fully saturated rings. The Morgan fingerprint density at radius 1 is 1.09 bits per heavy atom. The summed E-state index contributed by atoms with van der Waals surface area (Å²) in [7, 11) is -5.79. The first-order chi connectivity index (χ1) is 10.2. The first-order valence-electron chi connectivity index (χ1n) is 7.42. The van der Waals surface area contributed by atoms with Gasteiger partial charge in [0, 0.05) is 6.42 Å². The molecule has 4 nitrogen and oxygen atoms in total. The zero-order valence-corrected chi connectivity index (χ0v) is 15.4. The highest BCUT2D eigenvalue weighted by Gasteiger charge is 2.26. The van der Waals surface area contributed by atoms with Crippen molar-refractivity contribution >= 4 is 26.2 Å². The van der Waals surface area contributed by atoms with E-state index in [9.17, 15) is 13.2 Å². The molecule has 0 bridgehead atoms. The summed E-state index contributed by atoms with van der Waals surface area (Å²) in [6.07, 6.45) is 6.87. The Labute approximate surface area is 135 Å². The highest BCUT2D eigenvalue weighted by atomic mass is 32.3. The quantitative estimate of drug-likeness (QED) is 0.638. The minimum Gasteiger partial charge on any atom is -0.299 e. The minimum atomic E-state index is -3.82. The van der Waals surface area contributed by atoms with Crippen LogP contribution in [0.1, 0.15) is 38.2 Å². The summed E-state index contributed by atoms with van der Waals surface area (Å²) in [5, 5.41) is 0. The lowest BCUT2D eigenvalue weighted by atomic mass is 10.2. The van der Waals surface area contributed by atoms with E-state index in [1.54, 1.807) is 24.6 Å². The van der Waals surface area contributed by atoms with Crippen LogP contribution in [0.5, 0.6) is 0 Å². The van der Waals surface area contributed by atoms with Gasteiger partial charge in [0.15, 0.2) is 0 Å². The summed E-state index contributed by atoms with van der Waals surface area (Å²) in [6.45, 7) is 3.97. The number of hydrogen-bond acceptors (Lipinski definition) is 4. The Balaban J connectivity index is 2.69. The highest BCUT2D eigenvalue weighted by molar-refractivity contribution is 8.32. The number of carbonyl (C=O) groups excluding carboxylic acids is 1. The third kappa shape index (κ3) is 6.50. The fourth-order valence-electron chi connectivity index (χ4n) is 2.04. The molecule has 0 unspecified atom stereocenters. The van der Waals surface area contributed by atoms with E-state index in [0.717, 1.165) is 24.8 Å². The number of rotatable bonds is 9. The molecule has 22 heavy (non-hydrogen) atoms. The third-order valence-corrected chi connectivity index (χ3v) is 7.21. The third-order valence-electron chi connectivity index (χ3n) is 3.15. The molecule has 0 aromatic heterocycles. The maximum Gasteiger partial charge on any atom is 0.306 e. The molecule has 126 valence electrons. The van der Waals surface area contributed by atoms with Crippen LogP contribution >= 0.6 is 10.3 Å². The van der Waals surface area contributed by atoms with Crippen LogP contribution in [0.15, 0.2) is 29.2 Å². The van der Waals surface area contributed by atoms with Gasteiger partial charge in [0.2, 0.25) is 0 Å². The number of aryl methyl sites for hydroxylation is 1. The SMILES string of the molecule is CCCCCC(=O)CS(C)(C)OS(=O)(=O)c1ccc(C)cc1. The molecule has 0 spiro atoms. The van der Waals surface area contributed by atoms with Crippen LogP contribution < -0.4 is 0 Å². The molecule has 1 aromatic rings. The van der Waals surface area contributed by atoms with Crippen molar-refractivity contribution in [2.45, 2.75) is 44.4 Å². The van der Waals surface area contributed by atoms with Gasteiger partial charge < -0.3 is 0 Å². The predicted octanol–water partition coefficient (Wildman–Crippen LogP) is 3.83. The second kappa shape index (κ2) is 8.13. The van der Waals surface area contributed by atoms with Crippen molar-refractivity contribution in [2.75, 3.05) is 18.3 Å². The molecule has 0 radical (unpaired) electrons. The van der Waals surface area contributed by atoms with Crippen LogP contribution in [0, 0.1) is 6.92 Å². The number of Topliss-reactive ketones (excluding diaryl/α,β-unsaturated/α-hetero) is 1. The van der Waals surface area contributed by atoms with Gasteiger partial charge in [-0.15, -0.1) is 10.3 Å². The standard InChI is InChI=1S/C16H26O4S2/c1-5-6-7-8-15(17)13-21(3,4)20-22(18,19)16-11-9-14(2)10-12-16/h9-12H,5-8,13H2,1-4H3. The van der Waals surface area contributed by atoms with Crippen LogP contribution in [-0.2, 0) is 18.5 Å². The lowest BCUT2D eigenvalue weighted by Gasteiger charge is -2.29. The van der Waals surface area contributed by atoms with Gasteiger partial charge in [-0.05, 0) is 38.0 Å². The van der Waals surface area contributed by atoms with E-state index < -0.39 is 20.4 Å². The van der Waals surface area contributed by atoms with Crippen molar-refractivity contribution in [1.82, 2.24) is 0 Å². The Morgan fingerprint density at radius 2 is 1.68 bits per heavy atom. The molecule has 0 aliphatic heterocycles. The molecule has 0 saturated carbocycles. The fraction of sp³-hybridized carbons (Fsp3) is 0.562. The Hall–Kier alpha value is -0.850. The summed E-state index contributed by atoms with van der Waals surface area (Å²) in [6, 6.07) is 6.52. The first-order valence-corrected chi connectivity index (χ1v) is 11.4. The molecule has 0 N–H and O–H groups in total. The zero-order chi connectivity index (χ0) is 16.8. The molecule has 0 aliphatic carbocycles. The van der Waals surface area contributed by atoms with E-state index in [2.05, 4.69) is 6.92 Å². The number of hydrogen-bond donors (Lipinski definition) is 0. The van der Waals surface area contributed by atoms with Gasteiger partial charge in [0.1, 0.15) is 5.78 Å². The monoisotopic (exact) mass is 346 g/mol. The van der Waals surface area contributed by atoms with Crippen molar-refractivity contribution in [3.63, 3.8) is 0 Å². The van der Waals surface area contributed by atoms with Crippen LogP contribution in [0.25, 0.3) is 0 Å². The largest absolute Gasteiger partial charge is 0.306 e. The summed E-state index contributed by atoms with van der Waals surface area (Å²) >= 11 is 0.